The summed E-state index contributed by atoms with van der Waals surface area (Å²) in [6.07, 6.45) is 0. The molecule has 5 heteroatoms. The lowest BCUT2D eigenvalue weighted by molar-refractivity contribution is -0.125. The number of benzene rings is 1. The fourth-order valence-corrected chi connectivity index (χ4v) is 1.73. The van der Waals surface area contributed by atoms with Crippen LogP contribution < -0.4 is 15.8 Å². The maximum absolute atomic E-state index is 13.6. The minimum atomic E-state index is -0.618. The zero-order valence-electron chi connectivity index (χ0n) is 12.7. The number of carbonyl (C=O) groups is 1. The van der Waals surface area contributed by atoms with Crippen molar-refractivity contribution in [2.24, 2.45) is 11.1 Å². The van der Waals surface area contributed by atoms with Crippen molar-refractivity contribution in [3.63, 3.8) is 0 Å². The Kier molecular flexibility index (Phi) is 5.11. The minimum absolute atomic E-state index is 0.179. The fourth-order valence-electron chi connectivity index (χ4n) is 1.73. The van der Waals surface area contributed by atoms with E-state index in [1.165, 1.54) is 19.2 Å². The molecule has 1 rings (SSSR count). The van der Waals surface area contributed by atoms with Crippen molar-refractivity contribution in [2.75, 3.05) is 7.11 Å². The normalized spacial score (nSPS) is 14.6. The third-order valence-electron chi connectivity index (χ3n) is 3.25. The minimum Gasteiger partial charge on any atom is -0.494 e. The van der Waals surface area contributed by atoms with Crippen LogP contribution >= 0.6 is 0 Å². The van der Waals surface area contributed by atoms with Crippen molar-refractivity contribution < 1.29 is 13.9 Å². The first-order valence-electron chi connectivity index (χ1n) is 6.56. The van der Waals surface area contributed by atoms with Gasteiger partial charge in [0, 0.05) is 0 Å². The Balaban J connectivity index is 2.79. The summed E-state index contributed by atoms with van der Waals surface area (Å²) in [6.45, 7) is 7.48. The van der Waals surface area contributed by atoms with Crippen molar-refractivity contribution in [3.05, 3.63) is 29.6 Å². The van der Waals surface area contributed by atoms with Crippen LogP contribution in [0, 0.1) is 11.2 Å². The number of halogens is 1. The Bertz CT molecular complexity index is 483. The summed E-state index contributed by atoms with van der Waals surface area (Å²) in [5, 5.41) is 2.80. The molecule has 3 N–H and O–H groups in total. The highest BCUT2D eigenvalue weighted by Gasteiger charge is 2.28. The van der Waals surface area contributed by atoms with Gasteiger partial charge in [-0.05, 0) is 30.0 Å². The van der Waals surface area contributed by atoms with Crippen molar-refractivity contribution in [1.29, 1.82) is 0 Å². The van der Waals surface area contributed by atoms with E-state index in [0.717, 1.165) is 0 Å². The monoisotopic (exact) mass is 282 g/mol. The van der Waals surface area contributed by atoms with Crippen molar-refractivity contribution in [2.45, 2.75) is 39.8 Å². The van der Waals surface area contributed by atoms with Crippen LogP contribution in [0.25, 0.3) is 0 Å². The van der Waals surface area contributed by atoms with Gasteiger partial charge in [-0.1, -0.05) is 26.8 Å². The molecule has 0 saturated carbocycles. The van der Waals surface area contributed by atoms with Crippen molar-refractivity contribution >= 4 is 5.91 Å². The molecular weight excluding hydrogens is 259 g/mol. The highest BCUT2D eigenvalue weighted by atomic mass is 19.1. The smallest absolute Gasteiger partial charge is 0.237 e. The van der Waals surface area contributed by atoms with E-state index in [9.17, 15) is 9.18 Å². The number of hydrogen-bond donors (Lipinski definition) is 2. The van der Waals surface area contributed by atoms with Gasteiger partial charge in [-0.3, -0.25) is 4.79 Å². The van der Waals surface area contributed by atoms with E-state index >= 15 is 0 Å². The van der Waals surface area contributed by atoms with E-state index in [-0.39, 0.29) is 23.1 Å². The Morgan fingerprint density at radius 1 is 1.40 bits per heavy atom. The lowest BCUT2D eigenvalue weighted by Crippen LogP contribution is -2.49. The van der Waals surface area contributed by atoms with Crippen LogP contribution in [0.1, 0.15) is 39.3 Å². The maximum Gasteiger partial charge on any atom is 0.237 e. The molecule has 0 aliphatic rings. The number of carbonyl (C=O) groups excluding carboxylic acids is 1. The number of methoxy groups -OCH3 is 1. The third-order valence-corrected chi connectivity index (χ3v) is 3.25. The first kappa shape index (κ1) is 16.4. The molecule has 2 atom stereocenters. The van der Waals surface area contributed by atoms with Gasteiger partial charge in [0.15, 0.2) is 11.6 Å². The van der Waals surface area contributed by atoms with Crippen LogP contribution in [0.4, 0.5) is 4.39 Å². The van der Waals surface area contributed by atoms with Gasteiger partial charge in [0.2, 0.25) is 5.91 Å². The van der Waals surface area contributed by atoms with Crippen LogP contribution in [-0.4, -0.2) is 19.1 Å². The van der Waals surface area contributed by atoms with E-state index < -0.39 is 11.9 Å². The summed E-state index contributed by atoms with van der Waals surface area (Å²) in [5.41, 5.74) is 6.23. The van der Waals surface area contributed by atoms with Gasteiger partial charge in [-0.2, -0.15) is 0 Å². The average molecular weight is 282 g/mol. The summed E-state index contributed by atoms with van der Waals surface area (Å²) < 4.78 is 18.5. The second-order valence-electron chi connectivity index (χ2n) is 5.97. The van der Waals surface area contributed by atoms with Gasteiger partial charge in [0.05, 0.1) is 19.2 Å². The molecule has 1 aromatic rings. The highest BCUT2D eigenvalue weighted by molar-refractivity contribution is 5.82. The predicted molar refractivity (Wildman–Crippen MR) is 76.9 cm³/mol. The molecule has 1 unspecified atom stereocenters. The second kappa shape index (κ2) is 6.22. The molecule has 4 nitrogen and oxygen atoms in total. The molecule has 0 spiro atoms. The van der Waals surface area contributed by atoms with Gasteiger partial charge in [0.25, 0.3) is 0 Å². The molecule has 0 saturated heterocycles. The summed E-state index contributed by atoms with van der Waals surface area (Å²) in [4.78, 5) is 12.0. The van der Waals surface area contributed by atoms with Crippen LogP contribution in [0.2, 0.25) is 0 Å². The van der Waals surface area contributed by atoms with Crippen LogP contribution in [0.15, 0.2) is 18.2 Å². The molecule has 1 aromatic carbocycles. The number of hydrogen-bond acceptors (Lipinski definition) is 3. The van der Waals surface area contributed by atoms with Gasteiger partial charge >= 0.3 is 0 Å². The second-order valence-corrected chi connectivity index (χ2v) is 5.97. The fraction of sp³-hybridized carbons (Fsp3) is 0.533. The number of ether oxygens (including phenoxy) is 1. The van der Waals surface area contributed by atoms with E-state index in [4.69, 9.17) is 10.5 Å². The van der Waals surface area contributed by atoms with Gasteiger partial charge in [-0.25, -0.2) is 4.39 Å². The molecule has 20 heavy (non-hydrogen) atoms. The molecule has 0 bridgehead atoms. The summed E-state index contributed by atoms with van der Waals surface area (Å²) in [5.74, 6) is -0.522. The molecule has 0 heterocycles. The Labute approximate surface area is 119 Å². The molecule has 0 radical (unpaired) electrons. The molecule has 112 valence electrons. The average Bonchev–Trinajstić information content (AvgIpc) is 2.36. The first-order valence-corrected chi connectivity index (χ1v) is 6.56. The van der Waals surface area contributed by atoms with Crippen LogP contribution in [0.5, 0.6) is 5.75 Å². The lowest BCUT2D eigenvalue weighted by Gasteiger charge is -2.27. The summed E-state index contributed by atoms with van der Waals surface area (Å²) in [6, 6.07) is 3.67. The number of nitrogens with two attached hydrogens (primary N) is 1. The number of amides is 1. The SMILES string of the molecule is COc1ccc(C(C)NC(=O)[C@H](N)C(C)(C)C)cc1F. The van der Waals surface area contributed by atoms with Gasteiger partial charge < -0.3 is 15.8 Å². The first-order chi connectivity index (χ1) is 9.16. The van der Waals surface area contributed by atoms with E-state index in [1.54, 1.807) is 13.0 Å². The molecule has 0 fully saturated rings. The Morgan fingerprint density at radius 3 is 2.45 bits per heavy atom. The molecule has 0 aliphatic carbocycles. The van der Waals surface area contributed by atoms with Crippen molar-refractivity contribution in [3.8, 4) is 5.75 Å². The van der Waals surface area contributed by atoms with E-state index in [0.29, 0.717) is 5.56 Å². The highest BCUT2D eigenvalue weighted by Crippen LogP contribution is 2.23. The largest absolute Gasteiger partial charge is 0.494 e. The quantitative estimate of drug-likeness (QED) is 0.891. The maximum atomic E-state index is 13.6. The molecule has 0 aliphatic heterocycles. The van der Waals surface area contributed by atoms with Gasteiger partial charge in [-0.15, -0.1) is 0 Å². The number of rotatable bonds is 4. The lowest BCUT2D eigenvalue weighted by atomic mass is 9.86. The van der Waals surface area contributed by atoms with E-state index in [2.05, 4.69) is 5.32 Å². The van der Waals surface area contributed by atoms with Crippen LogP contribution in [0.3, 0.4) is 0 Å². The van der Waals surface area contributed by atoms with Crippen LogP contribution in [-0.2, 0) is 4.79 Å². The third kappa shape index (κ3) is 3.93. The van der Waals surface area contributed by atoms with E-state index in [1.807, 2.05) is 20.8 Å². The zero-order chi connectivity index (χ0) is 15.5. The Morgan fingerprint density at radius 2 is 2.00 bits per heavy atom. The Hall–Kier alpha value is -1.62. The topological polar surface area (TPSA) is 64.3 Å². The molecule has 0 aromatic heterocycles. The molecular formula is C15H23FN2O2. The zero-order valence-corrected chi connectivity index (χ0v) is 12.7. The molecule has 1 amide bonds. The predicted octanol–water partition coefficient (Wildman–Crippen LogP) is 2.38. The summed E-state index contributed by atoms with van der Waals surface area (Å²) in [7, 11) is 1.41. The standard InChI is InChI=1S/C15H23FN2O2/c1-9(18-14(19)13(17)15(2,3)4)10-6-7-12(20-5)11(16)8-10/h6-9,13H,17H2,1-5H3,(H,18,19)/t9?,13-/m0/s1. The summed E-state index contributed by atoms with van der Waals surface area (Å²) >= 11 is 0. The van der Waals surface area contributed by atoms with Crippen molar-refractivity contribution in [1.82, 2.24) is 5.32 Å². The van der Waals surface area contributed by atoms with Gasteiger partial charge in [0.1, 0.15) is 0 Å². The number of nitrogens with one attached hydrogen (secondary N) is 1.